The summed E-state index contributed by atoms with van der Waals surface area (Å²) in [5.74, 6) is 0. The van der Waals surface area contributed by atoms with E-state index >= 15 is 0 Å². The summed E-state index contributed by atoms with van der Waals surface area (Å²) in [4.78, 5) is 0. The van der Waals surface area contributed by atoms with Crippen molar-refractivity contribution in [2.24, 2.45) is 0 Å². The van der Waals surface area contributed by atoms with E-state index in [-0.39, 0.29) is 11.3 Å². The van der Waals surface area contributed by atoms with Gasteiger partial charge in [-0.2, -0.15) is 18.4 Å². The fourth-order valence-corrected chi connectivity index (χ4v) is 2.47. The Morgan fingerprint density at radius 2 is 1.79 bits per heavy atom. The van der Waals surface area contributed by atoms with Crippen LogP contribution in [0.2, 0.25) is 5.02 Å². The lowest BCUT2D eigenvalue weighted by atomic mass is 10.1. The van der Waals surface area contributed by atoms with Gasteiger partial charge in [0.25, 0.3) is 0 Å². The van der Waals surface area contributed by atoms with Gasteiger partial charge in [0.1, 0.15) is 11.8 Å². The lowest BCUT2D eigenvalue weighted by molar-refractivity contribution is -0.141. The molecule has 0 N–H and O–H groups in total. The zero-order chi connectivity index (χ0) is 14.2. The van der Waals surface area contributed by atoms with Gasteiger partial charge in [0.15, 0.2) is 0 Å². The minimum atomic E-state index is -4.54. The Labute approximate surface area is 120 Å². The van der Waals surface area contributed by atoms with Gasteiger partial charge in [-0.1, -0.05) is 23.7 Å². The first-order chi connectivity index (χ1) is 8.84. The van der Waals surface area contributed by atoms with Crippen LogP contribution in [0.4, 0.5) is 13.2 Å². The SMILES string of the molecule is N#Cc1cc(C(F)(F)F)n(Br)c1-c1ccc(Cl)cc1. The molecule has 0 aliphatic carbocycles. The Hall–Kier alpha value is -1.45. The maximum absolute atomic E-state index is 12.8. The molecule has 0 radical (unpaired) electrons. The number of nitriles is 1. The average molecular weight is 350 g/mol. The normalized spacial score (nSPS) is 11.4. The van der Waals surface area contributed by atoms with E-state index < -0.39 is 11.9 Å². The third-order valence-corrected chi connectivity index (χ3v) is 3.46. The predicted octanol–water partition coefficient (Wildman–Crippen LogP) is 4.86. The Morgan fingerprint density at radius 3 is 2.26 bits per heavy atom. The van der Waals surface area contributed by atoms with Gasteiger partial charge in [0.05, 0.1) is 27.4 Å². The summed E-state index contributed by atoms with van der Waals surface area (Å²) in [6.45, 7) is 0. The summed E-state index contributed by atoms with van der Waals surface area (Å²) >= 11 is 8.57. The van der Waals surface area contributed by atoms with Crippen molar-refractivity contribution >= 4 is 27.7 Å². The highest BCUT2D eigenvalue weighted by molar-refractivity contribution is 9.08. The van der Waals surface area contributed by atoms with Crippen molar-refractivity contribution in [3.8, 4) is 17.3 Å². The van der Waals surface area contributed by atoms with Gasteiger partial charge in [0, 0.05) is 10.6 Å². The van der Waals surface area contributed by atoms with Crippen LogP contribution in [0.25, 0.3) is 11.3 Å². The minimum Gasteiger partial charge on any atom is -0.270 e. The highest BCUT2D eigenvalue weighted by Crippen LogP contribution is 2.38. The van der Waals surface area contributed by atoms with Crippen molar-refractivity contribution in [2.75, 3.05) is 0 Å². The van der Waals surface area contributed by atoms with Crippen molar-refractivity contribution in [1.29, 1.82) is 5.26 Å². The van der Waals surface area contributed by atoms with Gasteiger partial charge in [-0.3, -0.25) is 3.59 Å². The first kappa shape index (κ1) is 14.0. The molecule has 2 rings (SSSR count). The fraction of sp³-hybridized carbons (Fsp3) is 0.0833. The first-order valence-corrected chi connectivity index (χ1v) is 6.08. The maximum atomic E-state index is 12.8. The largest absolute Gasteiger partial charge is 0.432 e. The number of alkyl halides is 3. The fourth-order valence-electron chi connectivity index (χ4n) is 1.64. The van der Waals surface area contributed by atoms with Crippen molar-refractivity contribution in [3.05, 3.63) is 46.6 Å². The topological polar surface area (TPSA) is 28.7 Å². The molecule has 0 aliphatic rings. The Bertz CT molecular complexity index is 653. The van der Waals surface area contributed by atoms with E-state index in [0.29, 0.717) is 10.6 Å². The number of aromatic nitrogens is 1. The number of rotatable bonds is 1. The molecule has 1 heterocycles. The summed E-state index contributed by atoms with van der Waals surface area (Å²) in [5.41, 5.74) is -0.389. The molecule has 7 heteroatoms. The van der Waals surface area contributed by atoms with Crippen LogP contribution in [0.15, 0.2) is 30.3 Å². The van der Waals surface area contributed by atoms with Crippen LogP contribution in [0, 0.1) is 11.3 Å². The lowest BCUT2D eigenvalue weighted by Gasteiger charge is -2.08. The molecule has 2 nitrogen and oxygen atoms in total. The van der Waals surface area contributed by atoms with Gasteiger partial charge in [-0.05, 0) is 18.2 Å². The van der Waals surface area contributed by atoms with Gasteiger partial charge in [-0.25, -0.2) is 0 Å². The molecule has 2 aromatic rings. The number of benzene rings is 1. The molecule has 1 aromatic heterocycles. The standard InChI is InChI=1S/C12H5BrClF3N2/c13-19-10(12(15,16)17)5-8(6-18)11(19)7-1-3-9(14)4-2-7/h1-5H. The quantitative estimate of drug-likeness (QED) is 0.723. The second-order valence-electron chi connectivity index (χ2n) is 3.69. The molecule has 0 unspecified atom stereocenters. The third-order valence-electron chi connectivity index (χ3n) is 2.47. The summed E-state index contributed by atoms with van der Waals surface area (Å²) < 4.78 is 39.1. The summed E-state index contributed by atoms with van der Waals surface area (Å²) in [7, 11) is 0. The molecular weight excluding hydrogens is 344 g/mol. The summed E-state index contributed by atoms with van der Waals surface area (Å²) in [6, 6.07) is 8.76. The van der Waals surface area contributed by atoms with E-state index in [9.17, 15) is 13.2 Å². The number of hydrogen-bond acceptors (Lipinski definition) is 1. The van der Waals surface area contributed by atoms with Gasteiger partial charge < -0.3 is 0 Å². The van der Waals surface area contributed by atoms with Crippen LogP contribution >= 0.6 is 27.7 Å². The summed E-state index contributed by atoms with van der Waals surface area (Å²) in [5, 5.41) is 9.42. The zero-order valence-electron chi connectivity index (χ0n) is 9.17. The van der Waals surface area contributed by atoms with Crippen molar-refractivity contribution in [1.82, 2.24) is 3.59 Å². The molecule has 0 saturated heterocycles. The minimum absolute atomic E-state index is 0.0634. The van der Waals surface area contributed by atoms with Gasteiger partial charge in [-0.15, -0.1) is 0 Å². The average Bonchev–Trinajstić information content (AvgIpc) is 2.67. The Balaban J connectivity index is 2.67. The van der Waals surface area contributed by atoms with Gasteiger partial charge in [0.2, 0.25) is 0 Å². The predicted molar refractivity (Wildman–Crippen MR) is 68.9 cm³/mol. The smallest absolute Gasteiger partial charge is 0.270 e. The number of nitrogens with zero attached hydrogens (tertiary/aromatic N) is 2. The number of halogens is 5. The van der Waals surface area contributed by atoms with E-state index in [1.54, 1.807) is 30.3 Å². The molecule has 98 valence electrons. The van der Waals surface area contributed by atoms with Gasteiger partial charge >= 0.3 is 6.18 Å². The molecule has 0 spiro atoms. The van der Waals surface area contributed by atoms with E-state index in [0.717, 1.165) is 9.66 Å². The van der Waals surface area contributed by atoms with Crippen molar-refractivity contribution in [3.63, 3.8) is 0 Å². The highest BCUT2D eigenvalue weighted by Gasteiger charge is 2.36. The second-order valence-corrected chi connectivity index (χ2v) is 4.83. The van der Waals surface area contributed by atoms with Crippen LogP contribution < -0.4 is 0 Å². The van der Waals surface area contributed by atoms with Crippen LogP contribution in [0.3, 0.4) is 0 Å². The molecule has 0 bridgehead atoms. The second kappa shape index (κ2) is 4.91. The molecular formula is C12H5BrClF3N2. The molecule has 0 aliphatic heterocycles. The highest BCUT2D eigenvalue weighted by atomic mass is 79.9. The first-order valence-electron chi connectivity index (χ1n) is 4.99. The van der Waals surface area contributed by atoms with E-state index in [2.05, 4.69) is 16.1 Å². The lowest BCUT2D eigenvalue weighted by Crippen LogP contribution is -2.08. The van der Waals surface area contributed by atoms with E-state index in [1.165, 1.54) is 0 Å². The Kier molecular flexibility index (Phi) is 3.61. The van der Waals surface area contributed by atoms with Crippen LogP contribution in [0.1, 0.15) is 11.3 Å². The van der Waals surface area contributed by atoms with Crippen LogP contribution in [0.5, 0.6) is 0 Å². The monoisotopic (exact) mass is 348 g/mol. The van der Waals surface area contributed by atoms with Crippen molar-refractivity contribution < 1.29 is 13.2 Å². The molecule has 0 amide bonds. The zero-order valence-corrected chi connectivity index (χ0v) is 11.5. The molecule has 0 atom stereocenters. The molecule has 0 fully saturated rings. The Morgan fingerprint density at radius 1 is 1.21 bits per heavy atom. The number of hydrogen-bond donors (Lipinski definition) is 0. The van der Waals surface area contributed by atoms with Crippen molar-refractivity contribution in [2.45, 2.75) is 6.18 Å². The molecule has 1 aromatic carbocycles. The third kappa shape index (κ3) is 2.62. The molecule has 19 heavy (non-hydrogen) atoms. The van der Waals surface area contributed by atoms with Crippen LogP contribution in [-0.4, -0.2) is 3.59 Å². The van der Waals surface area contributed by atoms with E-state index in [1.807, 2.05) is 0 Å². The van der Waals surface area contributed by atoms with E-state index in [4.69, 9.17) is 16.9 Å². The van der Waals surface area contributed by atoms with Crippen LogP contribution in [-0.2, 0) is 6.18 Å². The summed E-state index contributed by atoms with van der Waals surface area (Å²) in [6.07, 6.45) is -4.54. The maximum Gasteiger partial charge on any atom is 0.432 e. The molecule has 0 saturated carbocycles.